The van der Waals surface area contributed by atoms with Crippen LogP contribution in [-0.2, 0) is 6.18 Å². The Morgan fingerprint density at radius 1 is 1.29 bits per heavy atom. The molecule has 2 amide bonds. The van der Waals surface area contributed by atoms with Crippen LogP contribution in [0.1, 0.15) is 39.3 Å². The van der Waals surface area contributed by atoms with E-state index < -0.39 is 23.6 Å². The fraction of sp³-hybridized carbons (Fsp3) is 0.368. The smallest absolute Gasteiger partial charge is 0.396 e. The maximum absolute atomic E-state index is 13.3. The second kappa shape index (κ2) is 8.05. The molecule has 0 bridgehead atoms. The highest BCUT2D eigenvalue weighted by Crippen LogP contribution is 2.33. The summed E-state index contributed by atoms with van der Waals surface area (Å²) in [4.78, 5) is 29.0. The number of likely N-dealkylation sites (tertiary alicyclic amines) is 1. The molecule has 1 atom stereocenters. The van der Waals surface area contributed by atoms with Gasteiger partial charge in [-0.1, -0.05) is 0 Å². The normalized spacial score (nSPS) is 17.4. The number of aliphatic hydroxyl groups is 1. The lowest BCUT2D eigenvalue weighted by Gasteiger charge is -2.32. The third-order valence-electron chi connectivity index (χ3n) is 4.67. The van der Waals surface area contributed by atoms with Crippen LogP contribution in [0.25, 0.3) is 0 Å². The number of hydrogen-bond acceptors (Lipinski definition) is 3. The molecule has 3 N–H and O–H groups in total. The van der Waals surface area contributed by atoms with Crippen LogP contribution in [0.15, 0.2) is 36.5 Å². The van der Waals surface area contributed by atoms with E-state index in [2.05, 4.69) is 10.3 Å². The van der Waals surface area contributed by atoms with Gasteiger partial charge in [-0.2, -0.15) is 13.2 Å². The average molecular weight is 395 g/mol. The van der Waals surface area contributed by atoms with E-state index in [1.807, 2.05) is 0 Å². The summed E-state index contributed by atoms with van der Waals surface area (Å²) in [6.07, 6.45) is -1.71. The molecule has 0 spiro atoms. The number of amides is 2. The number of aromatic amines is 1. The van der Waals surface area contributed by atoms with Gasteiger partial charge in [-0.3, -0.25) is 9.59 Å². The van der Waals surface area contributed by atoms with E-state index in [0.717, 1.165) is 18.6 Å². The molecule has 1 unspecified atom stereocenters. The molecule has 1 aromatic heterocycles. The van der Waals surface area contributed by atoms with Gasteiger partial charge in [-0.25, -0.2) is 0 Å². The Kier molecular flexibility index (Phi) is 5.73. The van der Waals surface area contributed by atoms with Crippen LogP contribution in [-0.4, -0.2) is 46.5 Å². The Balaban J connectivity index is 1.89. The monoisotopic (exact) mass is 395 g/mol. The minimum absolute atomic E-state index is 0.0795. The van der Waals surface area contributed by atoms with E-state index >= 15 is 0 Å². The van der Waals surface area contributed by atoms with Crippen molar-refractivity contribution in [2.24, 2.45) is 5.92 Å². The maximum atomic E-state index is 13.3. The third kappa shape index (κ3) is 4.53. The van der Waals surface area contributed by atoms with Crippen LogP contribution in [0.5, 0.6) is 0 Å². The van der Waals surface area contributed by atoms with Crippen LogP contribution in [0, 0.1) is 5.92 Å². The summed E-state index contributed by atoms with van der Waals surface area (Å²) < 4.78 is 39.9. The number of anilines is 1. The Bertz CT molecular complexity index is 850. The van der Waals surface area contributed by atoms with E-state index in [4.69, 9.17) is 0 Å². The Morgan fingerprint density at radius 3 is 2.71 bits per heavy atom. The maximum Gasteiger partial charge on any atom is 0.416 e. The molecule has 1 fully saturated rings. The fourth-order valence-corrected chi connectivity index (χ4v) is 3.24. The van der Waals surface area contributed by atoms with Gasteiger partial charge in [0.2, 0.25) is 0 Å². The van der Waals surface area contributed by atoms with Gasteiger partial charge in [0.25, 0.3) is 11.8 Å². The number of carbonyl (C=O) groups excluding carboxylic acids is 2. The number of alkyl halides is 3. The molecular weight excluding hydrogens is 375 g/mol. The van der Waals surface area contributed by atoms with Crippen molar-refractivity contribution < 1.29 is 27.9 Å². The number of carbonyl (C=O) groups is 2. The van der Waals surface area contributed by atoms with Crippen molar-refractivity contribution in [3.05, 3.63) is 53.3 Å². The van der Waals surface area contributed by atoms with Gasteiger partial charge in [0.1, 0.15) is 5.69 Å². The van der Waals surface area contributed by atoms with E-state index in [9.17, 15) is 27.9 Å². The fourth-order valence-electron chi connectivity index (χ4n) is 3.24. The highest BCUT2D eigenvalue weighted by atomic mass is 19.4. The lowest BCUT2D eigenvalue weighted by Crippen LogP contribution is -2.41. The second-order valence-corrected chi connectivity index (χ2v) is 6.78. The van der Waals surface area contributed by atoms with Crippen molar-refractivity contribution in [3.8, 4) is 0 Å². The van der Waals surface area contributed by atoms with E-state index in [-0.39, 0.29) is 36.0 Å². The number of nitrogens with one attached hydrogen (secondary N) is 2. The molecule has 1 aliphatic heterocycles. The third-order valence-corrected chi connectivity index (χ3v) is 4.67. The molecule has 0 radical (unpaired) electrons. The van der Waals surface area contributed by atoms with Crippen LogP contribution in [0.4, 0.5) is 18.9 Å². The number of H-pyrrole nitrogens is 1. The van der Waals surface area contributed by atoms with Crippen molar-refractivity contribution in [2.75, 3.05) is 25.0 Å². The van der Waals surface area contributed by atoms with Crippen LogP contribution in [0.2, 0.25) is 0 Å². The SMILES string of the molecule is O=C(Nc1cc(C(=O)N2CCCC(CO)C2)cc(C(F)(F)F)c1)c1ccc[nH]1. The van der Waals surface area contributed by atoms with Crippen LogP contribution < -0.4 is 5.32 Å². The lowest BCUT2D eigenvalue weighted by molar-refractivity contribution is -0.137. The topological polar surface area (TPSA) is 85.4 Å². The molecule has 6 nitrogen and oxygen atoms in total. The molecule has 150 valence electrons. The lowest BCUT2D eigenvalue weighted by atomic mass is 9.98. The summed E-state index contributed by atoms with van der Waals surface area (Å²) in [6.45, 7) is 0.620. The predicted molar refractivity (Wildman–Crippen MR) is 95.9 cm³/mol. The highest BCUT2D eigenvalue weighted by molar-refractivity contribution is 6.04. The molecule has 2 aromatic rings. The highest BCUT2D eigenvalue weighted by Gasteiger charge is 2.33. The number of rotatable bonds is 4. The molecule has 1 saturated heterocycles. The molecule has 1 aliphatic rings. The summed E-state index contributed by atoms with van der Waals surface area (Å²) in [5.41, 5.74) is -1.10. The first-order valence-electron chi connectivity index (χ1n) is 8.85. The standard InChI is InChI=1S/C19H20F3N3O3/c20-19(21,22)14-7-13(18(28)25-6-2-3-12(10-25)11-26)8-15(9-14)24-17(27)16-4-1-5-23-16/h1,4-5,7-9,12,23,26H,2-3,6,10-11H2,(H,24,27). The number of nitrogens with zero attached hydrogens (tertiary/aromatic N) is 1. The number of piperidine rings is 1. The first kappa shape index (κ1) is 19.9. The Hall–Kier alpha value is -2.81. The summed E-state index contributed by atoms with van der Waals surface area (Å²) in [5, 5.41) is 11.7. The number of halogens is 3. The van der Waals surface area contributed by atoms with Gasteiger partial charge in [0.05, 0.1) is 5.56 Å². The zero-order valence-corrected chi connectivity index (χ0v) is 14.9. The zero-order chi connectivity index (χ0) is 20.3. The predicted octanol–water partition coefficient (Wildman–Crippen LogP) is 3.13. The van der Waals surface area contributed by atoms with Crippen LogP contribution >= 0.6 is 0 Å². The Labute approximate surface area is 159 Å². The largest absolute Gasteiger partial charge is 0.416 e. The van der Waals surface area contributed by atoms with Crippen molar-refractivity contribution in [3.63, 3.8) is 0 Å². The summed E-state index contributed by atoms with van der Waals surface area (Å²) in [7, 11) is 0. The summed E-state index contributed by atoms with van der Waals surface area (Å²) >= 11 is 0. The van der Waals surface area contributed by atoms with E-state index in [1.165, 1.54) is 23.2 Å². The summed E-state index contributed by atoms with van der Waals surface area (Å²) in [6, 6.07) is 5.89. The second-order valence-electron chi connectivity index (χ2n) is 6.78. The van der Waals surface area contributed by atoms with Crippen LogP contribution in [0.3, 0.4) is 0 Å². The van der Waals surface area contributed by atoms with Crippen molar-refractivity contribution >= 4 is 17.5 Å². The molecule has 0 aliphatic carbocycles. The summed E-state index contributed by atoms with van der Waals surface area (Å²) in [5.74, 6) is -1.25. The zero-order valence-electron chi connectivity index (χ0n) is 14.9. The van der Waals surface area contributed by atoms with E-state index in [1.54, 1.807) is 6.07 Å². The van der Waals surface area contributed by atoms with Crippen molar-refractivity contribution in [1.29, 1.82) is 0 Å². The van der Waals surface area contributed by atoms with Gasteiger partial charge in [-0.15, -0.1) is 0 Å². The number of benzene rings is 1. The number of hydrogen-bond donors (Lipinski definition) is 3. The molecule has 28 heavy (non-hydrogen) atoms. The number of aliphatic hydroxyl groups excluding tert-OH is 1. The first-order valence-corrected chi connectivity index (χ1v) is 8.85. The molecule has 0 saturated carbocycles. The Morgan fingerprint density at radius 2 is 2.07 bits per heavy atom. The van der Waals surface area contributed by atoms with Gasteiger partial charge in [0.15, 0.2) is 0 Å². The molecular formula is C19H20F3N3O3. The quantitative estimate of drug-likeness (QED) is 0.744. The van der Waals surface area contributed by atoms with E-state index in [0.29, 0.717) is 13.0 Å². The van der Waals surface area contributed by atoms with Crippen molar-refractivity contribution in [1.82, 2.24) is 9.88 Å². The average Bonchev–Trinajstić information content (AvgIpc) is 3.21. The van der Waals surface area contributed by atoms with Crippen molar-refractivity contribution in [2.45, 2.75) is 19.0 Å². The number of aromatic nitrogens is 1. The van der Waals surface area contributed by atoms with Gasteiger partial charge in [0, 0.05) is 37.1 Å². The van der Waals surface area contributed by atoms with Gasteiger partial charge < -0.3 is 20.3 Å². The molecule has 3 rings (SSSR count). The molecule has 9 heteroatoms. The molecule has 2 heterocycles. The minimum Gasteiger partial charge on any atom is -0.396 e. The minimum atomic E-state index is -4.67. The first-order chi connectivity index (χ1) is 13.3. The van der Waals surface area contributed by atoms with Gasteiger partial charge >= 0.3 is 6.18 Å². The molecule has 1 aromatic carbocycles. The van der Waals surface area contributed by atoms with Gasteiger partial charge in [-0.05, 0) is 49.1 Å².